The fraction of sp³-hybridized carbons (Fsp3) is 1.00. The van der Waals surface area contributed by atoms with Gasteiger partial charge in [-0.3, -0.25) is 0 Å². The Kier molecular flexibility index (Phi) is 7.81. The summed E-state index contributed by atoms with van der Waals surface area (Å²) in [7, 11) is -1.85. The Hall–Kier alpha value is -0.250. The quantitative estimate of drug-likeness (QED) is 0.543. The Labute approximate surface area is 115 Å². The van der Waals surface area contributed by atoms with Crippen molar-refractivity contribution in [1.82, 2.24) is 14.3 Å². The molecule has 0 aromatic heterocycles. The van der Waals surface area contributed by atoms with Crippen LogP contribution in [0.25, 0.3) is 0 Å². The molecular formula is C11H25N3O4S. The average molecular weight is 295 g/mol. The van der Waals surface area contributed by atoms with E-state index in [0.717, 1.165) is 19.5 Å². The highest BCUT2D eigenvalue weighted by Gasteiger charge is 2.21. The van der Waals surface area contributed by atoms with Gasteiger partial charge < -0.3 is 14.8 Å². The van der Waals surface area contributed by atoms with Crippen LogP contribution in [0.3, 0.4) is 0 Å². The number of rotatable bonds is 9. The van der Waals surface area contributed by atoms with Crippen molar-refractivity contribution in [2.75, 3.05) is 53.0 Å². The Morgan fingerprint density at radius 3 is 2.79 bits per heavy atom. The molecule has 0 spiro atoms. The topological polar surface area (TPSA) is 79.9 Å². The summed E-state index contributed by atoms with van der Waals surface area (Å²) in [6, 6.07) is 0. The largest absolute Gasteiger partial charge is 0.376 e. The number of hydrogen-bond donors (Lipinski definition) is 2. The van der Waals surface area contributed by atoms with Crippen molar-refractivity contribution in [2.45, 2.75) is 19.4 Å². The lowest BCUT2D eigenvalue weighted by Gasteiger charge is -2.24. The van der Waals surface area contributed by atoms with Crippen molar-refractivity contribution in [3.8, 4) is 0 Å². The Morgan fingerprint density at radius 2 is 2.16 bits per heavy atom. The average Bonchev–Trinajstić information content (AvgIpc) is 2.42. The molecule has 0 aromatic carbocycles. The van der Waals surface area contributed by atoms with Crippen LogP contribution >= 0.6 is 0 Å². The molecule has 0 radical (unpaired) electrons. The van der Waals surface area contributed by atoms with E-state index in [1.54, 1.807) is 7.05 Å². The van der Waals surface area contributed by atoms with E-state index in [-0.39, 0.29) is 12.6 Å². The minimum absolute atomic E-state index is 0.196. The highest BCUT2D eigenvalue weighted by Crippen LogP contribution is 2.01. The molecule has 19 heavy (non-hydrogen) atoms. The molecule has 1 saturated heterocycles. The van der Waals surface area contributed by atoms with E-state index in [1.165, 1.54) is 4.31 Å². The predicted molar refractivity (Wildman–Crippen MR) is 73.3 cm³/mol. The molecule has 1 rings (SSSR count). The molecule has 1 aliphatic rings. The lowest BCUT2D eigenvalue weighted by molar-refractivity contribution is -0.0847. The monoisotopic (exact) mass is 295 g/mol. The van der Waals surface area contributed by atoms with Crippen LogP contribution in [0.2, 0.25) is 0 Å². The van der Waals surface area contributed by atoms with E-state index in [9.17, 15) is 8.42 Å². The lowest BCUT2D eigenvalue weighted by Crippen LogP contribution is -2.45. The molecule has 1 fully saturated rings. The number of nitrogens with zero attached hydrogens (tertiary/aromatic N) is 1. The maximum atomic E-state index is 11.9. The van der Waals surface area contributed by atoms with E-state index in [0.29, 0.717) is 26.4 Å². The highest BCUT2D eigenvalue weighted by molar-refractivity contribution is 7.87. The van der Waals surface area contributed by atoms with Gasteiger partial charge in [0.25, 0.3) is 10.2 Å². The van der Waals surface area contributed by atoms with Gasteiger partial charge in [0.15, 0.2) is 0 Å². The second kappa shape index (κ2) is 8.83. The van der Waals surface area contributed by atoms with Crippen LogP contribution in [-0.2, 0) is 19.7 Å². The first-order chi connectivity index (χ1) is 9.06. The predicted octanol–water partition coefficient (Wildman–Crippen LogP) is -0.832. The van der Waals surface area contributed by atoms with Crippen LogP contribution < -0.4 is 10.0 Å². The third-order valence-electron chi connectivity index (χ3n) is 2.87. The maximum Gasteiger partial charge on any atom is 0.279 e. The van der Waals surface area contributed by atoms with Crippen molar-refractivity contribution < 1.29 is 17.9 Å². The third-order valence-corrected chi connectivity index (χ3v) is 4.40. The van der Waals surface area contributed by atoms with Gasteiger partial charge in [0.2, 0.25) is 0 Å². The lowest BCUT2D eigenvalue weighted by atomic mass is 10.3. The van der Waals surface area contributed by atoms with Crippen LogP contribution in [0, 0.1) is 0 Å². The molecule has 0 saturated carbocycles. The third kappa shape index (κ3) is 6.64. The van der Waals surface area contributed by atoms with Crippen LogP contribution in [-0.4, -0.2) is 71.9 Å². The van der Waals surface area contributed by atoms with Gasteiger partial charge in [-0.25, -0.2) is 0 Å². The smallest absolute Gasteiger partial charge is 0.279 e. The van der Waals surface area contributed by atoms with Crippen molar-refractivity contribution >= 4 is 10.2 Å². The number of nitrogens with one attached hydrogen (secondary N) is 2. The zero-order valence-corrected chi connectivity index (χ0v) is 12.5. The molecule has 2 N–H and O–H groups in total. The zero-order chi connectivity index (χ0) is 14.1. The standard InChI is InChI=1S/C11H25N3O4S/c1-3-12-5-4-6-14(2)19(15,16)13-9-11-10-17-7-8-18-11/h11-13H,3-10H2,1-2H3. The zero-order valence-electron chi connectivity index (χ0n) is 11.7. The summed E-state index contributed by atoms with van der Waals surface area (Å²) in [5.74, 6) is 0. The molecule has 0 amide bonds. The van der Waals surface area contributed by atoms with Gasteiger partial charge in [-0.15, -0.1) is 0 Å². The minimum atomic E-state index is -3.43. The summed E-state index contributed by atoms with van der Waals surface area (Å²) in [4.78, 5) is 0. The summed E-state index contributed by atoms with van der Waals surface area (Å²) in [6.07, 6.45) is 0.590. The molecule has 7 nitrogen and oxygen atoms in total. The summed E-state index contributed by atoms with van der Waals surface area (Å²) in [5, 5.41) is 3.16. The van der Waals surface area contributed by atoms with Gasteiger partial charge in [0, 0.05) is 20.1 Å². The van der Waals surface area contributed by atoms with Gasteiger partial charge in [0.1, 0.15) is 0 Å². The number of ether oxygens (including phenoxy) is 2. The first-order valence-corrected chi connectivity index (χ1v) is 8.11. The van der Waals surface area contributed by atoms with Crippen molar-refractivity contribution in [3.05, 3.63) is 0 Å². The van der Waals surface area contributed by atoms with Crippen molar-refractivity contribution in [3.63, 3.8) is 0 Å². The Balaban J connectivity index is 2.24. The van der Waals surface area contributed by atoms with Crippen molar-refractivity contribution in [2.24, 2.45) is 0 Å². The second-order valence-electron chi connectivity index (χ2n) is 4.45. The first kappa shape index (κ1) is 16.8. The van der Waals surface area contributed by atoms with Gasteiger partial charge in [0.05, 0.1) is 25.9 Å². The van der Waals surface area contributed by atoms with Crippen LogP contribution in [0.4, 0.5) is 0 Å². The van der Waals surface area contributed by atoms with Crippen LogP contribution in [0.15, 0.2) is 0 Å². The van der Waals surface area contributed by atoms with Gasteiger partial charge in [-0.05, 0) is 19.5 Å². The van der Waals surface area contributed by atoms with Crippen molar-refractivity contribution in [1.29, 1.82) is 0 Å². The maximum absolute atomic E-state index is 11.9. The van der Waals surface area contributed by atoms with E-state index in [2.05, 4.69) is 10.0 Å². The Bertz CT molecular complexity index is 331. The second-order valence-corrected chi connectivity index (χ2v) is 6.31. The molecule has 0 aromatic rings. The Morgan fingerprint density at radius 1 is 1.37 bits per heavy atom. The van der Waals surface area contributed by atoms with E-state index < -0.39 is 10.2 Å². The van der Waals surface area contributed by atoms with Crippen LogP contribution in [0.1, 0.15) is 13.3 Å². The first-order valence-electron chi connectivity index (χ1n) is 6.67. The molecule has 1 unspecified atom stereocenters. The number of hydrogen-bond acceptors (Lipinski definition) is 5. The van der Waals surface area contributed by atoms with E-state index in [4.69, 9.17) is 9.47 Å². The van der Waals surface area contributed by atoms with Gasteiger partial charge in [-0.1, -0.05) is 6.92 Å². The molecule has 1 atom stereocenters. The fourth-order valence-electron chi connectivity index (χ4n) is 1.69. The molecule has 8 heteroatoms. The van der Waals surface area contributed by atoms with Gasteiger partial charge >= 0.3 is 0 Å². The molecule has 0 aliphatic carbocycles. The minimum Gasteiger partial charge on any atom is -0.376 e. The summed E-state index contributed by atoms with van der Waals surface area (Å²) < 4.78 is 38.3. The highest BCUT2D eigenvalue weighted by atomic mass is 32.2. The summed E-state index contributed by atoms with van der Waals surface area (Å²) >= 11 is 0. The summed E-state index contributed by atoms with van der Waals surface area (Å²) in [6.45, 7) is 6.01. The molecule has 114 valence electrons. The van der Waals surface area contributed by atoms with E-state index >= 15 is 0 Å². The molecule has 0 bridgehead atoms. The molecular weight excluding hydrogens is 270 g/mol. The SMILES string of the molecule is CCNCCCN(C)S(=O)(=O)NCC1COCCO1. The van der Waals surface area contributed by atoms with Gasteiger partial charge in [-0.2, -0.15) is 17.4 Å². The van der Waals surface area contributed by atoms with Crippen LogP contribution in [0.5, 0.6) is 0 Å². The summed E-state index contributed by atoms with van der Waals surface area (Å²) in [5.41, 5.74) is 0. The molecule has 1 heterocycles. The normalized spacial score (nSPS) is 20.9. The molecule has 1 aliphatic heterocycles. The fourth-order valence-corrected chi connectivity index (χ4v) is 2.67. The van der Waals surface area contributed by atoms with E-state index in [1.807, 2.05) is 6.92 Å².